The lowest BCUT2D eigenvalue weighted by atomic mass is 9.80. The highest BCUT2D eigenvalue weighted by atomic mass is 16.5. The molecule has 8 nitrogen and oxygen atoms in total. The Kier molecular flexibility index (Phi) is 7.91. The molecule has 3 unspecified atom stereocenters. The van der Waals surface area contributed by atoms with Crippen LogP contribution >= 0.6 is 0 Å². The zero-order valence-electron chi connectivity index (χ0n) is 21.7. The van der Waals surface area contributed by atoms with Gasteiger partial charge in [0.15, 0.2) is 5.82 Å². The van der Waals surface area contributed by atoms with Crippen molar-refractivity contribution in [2.75, 3.05) is 37.7 Å². The molecule has 0 bridgehead atoms. The first-order valence-corrected chi connectivity index (χ1v) is 13.7. The van der Waals surface area contributed by atoms with Crippen LogP contribution in [0.3, 0.4) is 0 Å². The molecule has 1 aromatic rings. The first kappa shape index (κ1) is 25.2. The van der Waals surface area contributed by atoms with E-state index in [9.17, 15) is 5.11 Å². The van der Waals surface area contributed by atoms with Gasteiger partial charge in [-0.05, 0) is 63.0 Å². The normalized spacial score (nSPS) is 26.9. The maximum atomic E-state index is 10.7. The maximum absolute atomic E-state index is 10.7. The molecule has 1 aromatic heterocycles. The fourth-order valence-corrected chi connectivity index (χ4v) is 5.77. The number of piperidine rings is 1. The molecule has 3 heterocycles. The van der Waals surface area contributed by atoms with Crippen molar-refractivity contribution in [3.05, 3.63) is 41.5 Å². The summed E-state index contributed by atoms with van der Waals surface area (Å²) < 4.78 is 11.6. The van der Waals surface area contributed by atoms with E-state index in [0.717, 1.165) is 88.5 Å². The van der Waals surface area contributed by atoms with Gasteiger partial charge >= 0.3 is 6.01 Å². The van der Waals surface area contributed by atoms with Crippen molar-refractivity contribution < 1.29 is 14.4 Å². The smallest absolute Gasteiger partial charge is 0.324 e. The molecular weight excluding hydrogens is 454 g/mol. The van der Waals surface area contributed by atoms with Crippen molar-refractivity contribution in [3.63, 3.8) is 0 Å². The molecule has 0 saturated carbocycles. The van der Waals surface area contributed by atoms with E-state index in [4.69, 9.17) is 14.7 Å². The van der Waals surface area contributed by atoms with Crippen LogP contribution in [0.15, 0.2) is 40.2 Å². The number of aromatic nitrogens is 2. The summed E-state index contributed by atoms with van der Waals surface area (Å²) in [7, 11) is 0. The second-order valence-corrected chi connectivity index (χ2v) is 11.2. The first-order chi connectivity index (χ1) is 17.5. The number of allylic oxidation sites excluding steroid dienone is 5. The molecule has 36 heavy (non-hydrogen) atoms. The lowest BCUT2D eigenvalue weighted by Crippen LogP contribution is -2.39. The number of ether oxygens (including phenoxy) is 1. The Bertz CT molecular complexity index is 1000. The summed E-state index contributed by atoms with van der Waals surface area (Å²) in [4.78, 5) is 8.79. The summed E-state index contributed by atoms with van der Waals surface area (Å²) in [5.41, 5.74) is 2.24. The summed E-state index contributed by atoms with van der Waals surface area (Å²) >= 11 is 0. The van der Waals surface area contributed by atoms with Crippen LogP contribution in [0.2, 0.25) is 0 Å². The molecular formula is C28H41N5O3. The standard InChI is InChI=1S/C28H41N5O3/c1-19(2)26-30-28(36-31-26)32-14-11-20(12-15-32)18-35-25-9-7-22(8-10-25)21-3-5-23(6-4-21)27(34)33-16-13-24(29)17-33/h3,7,9-10,19-20,22-23,27,29,34H,4-6,8,11-18H2,1-2H3. The van der Waals surface area contributed by atoms with Crippen LogP contribution in [0.1, 0.15) is 70.5 Å². The third kappa shape index (κ3) is 5.92. The van der Waals surface area contributed by atoms with Crippen LogP contribution < -0.4 is 4.90 Å². The molecule has 3 atom stereocenters. The quantitative estimate of drug-likeness (QED) is 0.506. The van der Waals surface area contributed by atoms with Gasteiger partial charge in [-0.15, -0.1) is 0 Å². The van der Waals surface area contributed by atoms with E-state index in [0.29, 0.717) is 24.4 Å². The first-order valence-electron chi connectivity index (χ1n) is 13.7. The Balaban J connectivity index is 1.03. The van der Waals surface area contributed by atoms with Crippen molar-refractivity contribution >= 4 is 11.7 Å². The number of aliphatic hydroxyl groups excluding tert-OH is 1. The van der Waals surface area contributed by atoms with Crippen LogP contribution in [-0.4, -0.2) is 64.9 Å². The van der Waals surface area contributed by atoms with E-state index in [1.54, 1.807) is 0 Å². The molecule has 0 aromatic carbocycles. The van der Waals surface area contributed by atoms with E-state index >= 15 is 0 Å². The third-order valence-electron chi connectivity index (χ3n) is 8.24. The van der Waals surface area contributed by atoms with Crippen molar-refractivity contribution in [1.82, 2.24) is 15.0 Å². The van der Waals surface area contributed by atoms with Crippen molar-refractivity contribution in [2.24, 2.45) is 17.8 Å². The van der Waals surface area contributed by atoms with E-state index in [1.165, 1.54) is 5.57 Å². The van der Waals surface area contributed by atoms with Crippen molar-refractivity contribution in [3.8, 4) is 0 Å². The summed E-state index contributed by atoms with van der Waals surface area (Å²) in [5.74, 6) is 3.32. The average molecular weight is 496 g/mol. The summed E-state index contributed by atoms with van der Waals surface area (Å²) in [6.45, 7) is 8.21. The van der Waals surface area contributed by atoms with Gasteiger partial charge in [-0.3, -0.25) is 4.90 Å². The molecule has 2 fully saturated rings. The Morgan fingerprint density at radius 1 is 1.14 bits per heavy atom. The Hall–Kier alpha value is -2.45. The summed E-state index contributed by atoms with van der Waals surface area (Å²) in [5, 5.41) is 22.6. The molecule has 196 valence electrons. The molecule has 0 radical (unpaired) electrons. The summed E-state index contributed by atoms with van der Waals surface area (Å²) in [6.07, 6.45) is 15.5. The van der Waals surface area contributed by atoms with E-state index in [2.05, 4.69) is 58.1 Å². The highest BCUT2D eigenvalue weighted by Crippen LogP contribution is 2.35. The number of rotatable bonds is 8. The fourth-order valence-electron chi connectivity index (χ4n) is 5.77. The lowest BCUT2D eigenvalue weighted by molar-refractivity contribution is -0.0273. The molecule has 0 spiro atoms. The van der Waals surface area contributed by atoms with Gasteiger partial charge in [0.05, 0.1) is 6.61 Å². The minimum absolute atomic E-state index is 0.279. The molecule has 8 heteroatoms. The second kappa shape index (κ2) is 11.3. The van der Waals surface area contributed by atoms with Crippen LogP contribution in [-0.2, 0) is 4.74 Å². The Morgan fingerprint density at radius 3 is 2.58 bits per heavy atom. The topological polar surface area (TPSA) is 98.7 Å². The third-order valence-corrected chi connectivity index (χ3v) is 8.24. The number of hydrogen-bond acceptors (Lipinski definition) is 8. The minimum atomic E-state index is -0.413. The molecule has 0 amide bonds. The van der Waals surface area contributed by atoms with Crippen molar-refractivity contribution in [1.29, 1.82) is 5.41 Å². The number of hydrogen-bond donors (Lipinski definition) is 2. The van der Waals surface area contributed by atoms with Gasteiger partial charge < -0.3 is 24.7 Å². The number of nitrogens with zero attached hydrogens (tertiary/aromatic N) is 4. The Labute approximate surface area is 214 Å². The number of nitrogens with one attached hydrogen (secondary N) is 1. The number of likely N-dealkylation sites (tertiary alicyclic amines) is 1. The molecule has 2 saturated heterocycles. The zero-order valence-corrected chi connectivity index (χ0v) is 21.7. The monoisotopic (exact) mass is 495 g/mol. The average Bonchev–Trinajstić information content (AvgIpc) is 3.58. The predicted molar refractivity (Wildman–Crippen MR) is 140 cm³/mol. The highest BCUT2D eigenvalue weighted by molar-refractivity contribution is 5.85. The molecule has 5 rings (SSSR count). The van der Waals surface area contributed by atoms with E-state index in [1.807, 2.05) is 0 Å². The minimum Gasteiger partial charge on any atom is -0.494 e. The van der Waals surface area contributed by atoms with Gasteiger partial charge in [-0.1, -0.05) is 36.7 Å². The predicted octanol–water partition coefficient (Wildman–Crippen LogP) is 4.66. The van der Waals surface area contributed by atoms with Crippen LogP contribution in [0.4, 0.5) is 6.01 Å². The van der Waals surface area contributed by atoms with Gasteiger partial charge in [0.25, 0.3) is 0 Å². The van der Waals surface area contributed by atoms with E-state index in [-0.39, 0.29) is 11.8 Å². The van der Waals surface area contributed by atoms with Crippen LogP contribution in [0.5, 0.6) is 0 Å². The highest BCUT2D eigenvalue weighted by Gasteiger charge is 2.31. The molecule has 2 aliphatic carbocycles. The molecule has 2 aliphatic heterocycles. The maximum Gasteiger partial charge on any atom is 0.324 e. The number of anilines is 1. The number of aliphatic hydroxyl groups is 1. The van der Waals surface area contributed by atoms with E-state index < -0.39 is 6.23 Å². The molecule has 4 aliphatic rings. The zero-order chi connectivity index (χ0) is 25.1. The lowest BCUT2D eigenvalue weighted by Gasteiger charge is -2.33. The second-order valence-electron chi connectivity index (χ2n) is 11.2. The fraction of sp³-hybridized carbons (Fsp3) is 0.679. The largest absolute Gasteiger partial charge is 0.494 e. The van der Waals surface area contributed by atoms with Crippen LogP contribution in [0.25, 0.3) is 0 Å². The van der Waals surface area contributed by atoms with Gasteiger partial charge in [0, 0.05) is 49.6 Å². The van der Waals surface area contributed by atoms with Gasteiger partial charge in [-0.2, -0.15) is 4.98 Å². The molecule has 2 N–H and O–H groups in total. The van der Waals surface area contributed by atoms with Crippen molar-refractivity contribution in [2.45, 2.75) is 70.9 Å². The van der Waals surface area contributed by atoms with Gasteiger partial charge in [0.1, 0.15) is 12.0 Å². The van der Waals surface area contributed by atoms with Crippen LogP contribution in [0, 0.1) is 23.2 Å². The Morgan fingerprint density at radius 2 is 1.97 bits per heavy atom. The van der Waals surface area contributed by atoms with Gasteiger partial charge in [-0.25, -0.2) is 0 Å². The SMILES string of the molecule is CC(C)c1noc(N2CCC(COC3=CCC(C4=CCC(C(O)N5CCC(=N)C5)CC4)C=C3)CC2)n1. The summed E-state index contributed by atoms with van der Waals surface area (Å²) in [6, 6.07) is 0.649. The van der Waals surface area contributed by atoms with Gasteiger partial charge in [0.2, 0.25) is 0 Å².